The Bertz CT molecular complexity index is 456. The molecule has 7 nitrogen and oxygen atoms in total. The lowest BCUT2D eigenvalue weighted by atomic mass is 10.2. The van der Waals surface area contributed by atoms with Crippen LogP contribution in [0.25, 0.3) is 0 Å². The highest BCUT2D eigenvalue weighted by molar-refractivity contribution is 5.90. The highest BCUT2D eigenvalue weighted by Gasteiger charge is 2.15. The fourth-order valence-electron chi connectivity index (χ4n) is 1.49. The van der Waals surface area contributed by atoms with Crippen molar-refractivity contribution in [3.8, 4) is 0 Å². The fourth-order valence-corrected chi connectivity index (χ4v) is 1.49. The zero-order chi connectivity index (χ0) is 15.0. The molecule has 0 aliphatic heterocycles. The van der Waals surface area contributed by atoms with Gasteiger partial charge in [0.25, 0.3) is 5.69 Å². The molecular weight excluding hydrogens is 266 g/mol. The Kier molecular flexibility index (Phi) is 6.61. The summed E-state index contributed by atoms with van der Waals surface area (Å²) < 4.78 is 15.5. The van der Waals surface area contributed by atoms with E-state index in [9.17, 15) is 14.9 Å². The van der Waals surface area contributed by atoms with E-state index in [1.54, 1.807) is 13.8 Å². The SMILES string of the molecule is CCOC(COC(=O)c1cccc([N+](=O)[O-])c1)OCC. The number of non-ortho nitro benzene ring substituents is 1. The molecule has 7 heteroatoms. The van der Waals surface area contributed by atoms with Crippen LogP contribution in [-0.4, -0.2) is 37.0 Å². The molecule has 0 bridgehead atoms. The minimum Gasteiger partial charge on any atom is -0.457 e. The van der Waals surface area contributed by atoms with Crippen molar-refractivity contribution in [1.82, 2.24) is 0 Å². The zero-order valence-corrected chi connectivity index (χ0v) is 11.4. The van der Waals surface area contributed by atoms with Crippen molar-refractivity contribution in [2.45, 2.75) is 20.1 Å². The van der Waals surface area contributed by atoms with Gasteiger partial charge in [-0.2, -0.15) is 0 Å². The summed E-state index contributed by atoms with van der Waals surface area (Å²) in [6.45, 7) is 4.39. The van der Waals surface area contributed by atoms with Gasteiger partial charge in [0.05, 0.1) is 10.5 Å². The van der Waals surface area contributed by atoms with Crippen molar-refractivity contribution in [1.29, 1.82) is 0 Å². The number of benzene rings is 1. The molecule has 0 N–H and O–H groups in total. The molecule has 1 aromatic carbocycles. The minimum atomic E-state index is -0.655. The maximum absolute atomic E-state index is 11.8. The molecule has 1 rings (SSSR count). The number of nitrogens with zero attached hydrogens (tertiary/aromatic N) is 1. The quantitative estimate of drug-likeness (QED) is 0.314. The average molecular weight is 283 g/mol. The van der Waals surface area contributed by atoms with Gasteiger partial charge in [-0.15, -0.1) is 0 Å². The summed E-state index contributed by atoms with van der Waals surface area (Å²) >= 11 is 0. The Hall–Kier alpha value is -1.99. The van der Waals surface area contributed by atoms with Crippen molar-refractivity contribution in [2.75, 3.05) is 19.8 Å². The second-order valence-electron chi connectivity index (χ2n) is 3.75. The number of carbonyl (C=O) groups is 1. The number of nitro benzene ring substituents is 1. The van der Waals surface area contributed by atoms with Gasteiger partial charge in [0.2, 0.25) is 0 Å². The van der Waals surface area contributed by atoms with Crippen molar-refractivity contribution >= 4 is 11.7 Å². The summed E-state index contributed by atoms with van der Waals surface area (Å²) in [5.74, 6) is -0.655. The number of hydrogen-bond donors (Lipinski definition) is 0. The number of esters is 1. The number of hydrogen-bond acceptors (Lipinski definition) is 6. The Labute approximate surface area is 116 Å². The summed E-state index contributed by atoms with van der Waals surface area (Å²) in [5, 5.41) is 10.6. The first-order chi connectivity index (χ1) is 9.58. The molecule has 0 saturated carbocycles. The minimum absolute atomic E-state index is 0.0663. The smallest absolute Gasteiger partial charge is 0.338 e. The van der Waals surface area contributed by atoms with Crippen LogP contribution in [0, 0.1) is 10.1 Å². The van der Waals surface area contributed by atoms with Crippen LogP contribution in [0.15, 0.2) is 24.3 Å². The van der Waals surface area contributed by atoms with E-state index in [0.717, 1.165) is 0 Å². The molecule has 0 atom stereocenters. The second-order valence-corrected chi connectivity index (χ2v) is 3.75. The van der Waals surface area contributed by atoms with E-state index in [1.165, 1.54) is 24.3 Å². The van der Waals surface area contributed by atoms with Gasteiger partial charge in [0.15, 0.2) is 6.29 Å². The Balaban J connectivity index is 2.61. The third-order valence-corrected chi connectivity index (χ3v) is 2.35. The fraction of sp³-hybridized carbons (Fsp3) is 0.462. The molecule has 20 heavy (non-hydrogen) atoms. The molecule has 0 fully saturated rings. The molecule has 0 saturated heterocycles. The first-order valence-electron chi connectivity index (χ1n) is 6.23. The molecule has 0 radical (unpaired) electrons. The van der Waals surface area contributed by atoms with Crippen LogP contribution in [0.4, 0.5) is 5.69 Å². The van der Waals surface area contributed by atoms with Crippen molar-refractivity contribution < 1.29 is 23.9 Å². The molecule has 0 amide bonds. The van der Waals surface area contributed by atoms with E-state index in [1.807, 2.05) is 0 Å². The van der Waals surface area contributed by atoms with Crippen LogP contribution in [0.3, 0.4) is 0 Å². The van der Waals surface area contributed by atoms with Gasteiger partial charge in [-0.3, -0.25) is 10.1 Å². The third-order valence-electron chi connectivity index (χ3n) is 2.35. The van der Waals surface area contributed by atoms with Gasteiger partial charge < -0.3 is 14.2 Å². The van der Waals surface area contributed by atoms with Crippen LogP contribution in [0.1, 0.15) is 24.2 Å². The molecule has 0 spiro atoms. The number of nitro groups is 1. The highest BCUT2D eigenvalue weighted by Crippen LogP contribution is 2.14. The maximum atomic E-state index is 11.8. The van der Waals surface area contributed by atoms with Crippen LogP contribution in [0.2, 0.25) is 0 Å². The molecule has 0 heterocycles. The zero-order valence-electron chi connectivity index (χ0n) is 11.4. The summed E-state index contributed by atoms with van der Waals surface area (Å²) in [6, 6.07) is 5.35. The Morgan fingerprint density at radius 2 is 1.95 bits per heavy atom. The van der Waals surface area contributed by atoms with Crippen molar-refractivity contribution in [2.24, 2.45) is 0 Å². The highest BCUT2D eigenvalue weighted by atomic mass is 16.7. The number of ether oxygens (including phenoxy) is 3. The summed E-state index contributed by atoms with van der Waals surface area (Å²) in [7, 11) is 0. The van der Waals surface area contributed by atoms with E-state index >= 15 is 0 Å². The second kappa shape index (κ2) is 8.23. The average Bonchev–Trinajstić information content (AvgIpc) is 2.45. The predicted octanol–water partition coefficient (Wildman–Crippen LogP) is 2.15. The lowest BCUT2D eigenvalue weighted by Gasteiger charge is -2.16. The van der Waals surface area contributed by atoms with Gasteiger partial charge in [-0.25, -0.2) is 4.79 Å². The molecule has 0 aliphatic rings. The van der Waals surface area contributed by atoms with Gasteiger partial charge in [0, 0.05) is 25.3 Å². The third kappa shape index (κ3) is 4.94. The van der Waals surface area contributed by atoms with Crippen LogP contribution < -0.4 is 0 Å². The molecule has 0 aliphatic carbocycles. The van der Waals surface area contributed by atoms with Gasteiger partial charge in [-0.1, -0.05) is 6.07 Å². The van der Waals surface area contributed by atoms with E-state index in [0.29, 0.717) is 13.2 Å². The van der Waals surface area contributed by atoms with Crippen LogP contribution in [0.5, 0.6) is 0 Å². The first-order valence-corrected chi connectivity index (χ1v) is 6.23. The molecule has 1 aromatic rings. The summed E-state index contributed by atoms with van der Waals surface area (Å²) in [6.07, 6.45) is -0.632. The van der Waals surface area contributed by atoms with E-state index in [2.05, 4.69) is 0 Å². The Morgan fingerprint density at radius 1 is 1.30 bits per heavy atom. The largest absolute Gasteiger partial charge is 0.457 e. The lowest BCUT2D eigenvalue weighted by molar-refractivity contribution is -0.384. The lowest BCUT2D eigenvalue weighted by Crippen LogP contribution is -2.25. The standard InChI is InChI=1S/C13H17NO6/c1-3-18-12(19-4-2)9-20-13(15)10-6-5-7-11(8-10)14(16)17/h5-8,12H,3-4,9H2,1-2H3. The van der Waals surface area contributed by atoms with Gasteiger partial charge in [-0.05, 0) is 19.9 Å². The molecular formula is C13H17NO6. The molecule has 0 aromatic heterocycles. The first kappa shape index (κ1) is 16.1. The van der Waals surface area contributed by atoms with Crippen molar-refractivity contribution in [3.63, 3.8) is 0 Å². The van der Waals surface area contributed by atoms with E-state index < -0.39 is 17.2 Å². The van der Waals surface area contributed by atoms with Crippen LogP contribution >= 0.6 is 0 Å². The van der Waals surface area contributed by atoms with Gasteiger partial charge >= 0.3 is 5.97 Å². The van der Waals surface area contributed by atoms with Gasteiger partial charge in [0.1, 0.15) is 6.61 Å². The van der Waals surface area contributed by atoms with Crippen LogP contribution in [-0.2, 0) is 14.2 Å². The number of rotatable bonds is 8. The van der Waals surface area contributed by atoms with E-state index in [-0.39, 0.29) is 17.9 Å². The maximum Gasteiger partial charge on any atom is 0.338 e. The van der Waals surface area contributed by atoms with E-state index in [4.69, 9.17) is 14.2 Å². The monoisotopic (exact) mass is 283 g/mol. The molecule has 0 unspecified atom stereocenters. The number of carbonyl (C=O) groups excluding carboxylic acids is 1. The summed E-state index contributed by atoms with van der Waals surface area (Å²) in [5.41, 5.74) is -0.0448. The topological polar surface area (TPSA) is 87.9 Å². The normalized spacial score (nSPS) is 10.6. The molecule has 110 valence electrons. The Morgan fingerprint density at radius 3 is 2.50 bits per heavy atom. The summed E-state index contributed by atoms with van der Waals surface area (Å²) in [4.78, 5) is 21.8. The van der Waals surface area contributed by atoms with Crippen molar-refractivity contribution in [3.05, 3.63) is 39.9 Å². The predicted molar refractivity (Wildman–Crippen MR) is 70.4 cm³/mol.